The van der Waals surface area contributed by atoms with Gasteiger partial charge < -0.3 is 9.84 Å². The van der Waals surface area contributed by atoms with E-state index in [-0.39, 0.29) is 32.2 Å². The molecule has 0 saturated heterocycles. The Labute approximate surface area is 270 Å². The molecule has 0 saturated carbocycles. The van der Waals surface area contributed by atoms with Gasteiger partial charge in [-0.05, 0) is 52.4 Å². The molecule has 0 bridgehead atoms. The summed E-state index contributed by atoms with van der Waals surface area (Å²) in [6.45, 7) is 6.52. The van der Waals surface area contributed by atoms with Crippen LogP contribution in [0, 0.1) is 6.07 Å². The number of aromatic hydroxyl groups is 1. The van der Waals surface area contributed by atoms with Crippen molar-refractivity contribution in [2.45, 2.75) is 26.2 Å². The summed E-state index contributed by atoms with van der Waals surface area (Å²) >= 11 is 0. The van der Waals surface area contributed by atoms with Gasteiger partial charge >= 0.3 is 0 Å². The molecule has 0 unspecified atom stereocenters. The van der Waals surface area contributed by atoms with Crippen molar-refractivity contribution in [2.75, 3.05) is 0 Å². The zero-order valence-electron chi connectivity index (χ0n) is 24.4. The van der Waals surface area contributed by atoms with Crippen LogP contribution in [0.15, 0.2) is 109 Å². The molecule has 0 spiro atoms. The zero-order chi connectivity index (χ0) is 29.3. The number of rotatable bonds is 3. The molecule has 0 aliphatic carbocycles. The number of ether oxygens (including phenoxy) is 1. The maximum atomic E-state index is 11.0. The van der Waals surface area contributed by atoms with Gasteiger partial charge in [0.25, 0.3) is 0 Å². The first kappa shape index (κ1) is 28.1. The maximum Gasteiger partial charge on any atom is 0.175 e. The number of aromatic nitrogens is 3. The molecule has 8 rings (SSSR count). The van der Waals surface area contributed by atoms with Crippen LogP contribution in [-0.4, -0.2) is 19.6 Å². The topological polar surface area (TPSA) is 60.2 Å². The summed E-state index contributed by atoms with van der Waals surface area (Å²) in [6, 6.07) is 38.0. The minimum atomic E-state index is -0.0719. The van der Waals surface area contributed by atoms with Crippen LogP contribution in [0.4, 0.5) is 0 Å². The van der Waals surface area contributed by atoms with Crippen molar-refractivity contribution in [3.8, 4) is 56.6 Å². The third kappa shape index (κ3) is 4.51. The van der Waals surface area contributed by atoms with Gasteiger partial charge in [0.05, 0.1) is 11.3 Å². The summed E-state index contributed by atoms with van der Waals surface area (Å²) in [7, 11) is 0. The van der Waals surface area contributed by atoms with E-state index < -0.39 is 0 Å². The third-order valence-electron chi connectivity index (χ3n) is 8.19. The Morgan fingerprint density at radius 2 is 1.55 bits per heavy atom. The summed E-state index contributed by atoms with van der Waals surface area (Å²) in [5.41, 5.74) is 8.06. The van der Waals surface area contributed by atoms with Crippen molar-refractivity contribution in [1.82, 2.24) is 14.5 Å². The van der Waals surface area contributed by atoms with Crippen LogP contribution >= 0.6 is 0 Å². The molecule has 1 N–H and O–H groups in total. The van der Waals surface area contributed by atoms with E-state index in [1.165, 1.54) is 0 Å². The average molecular weight is 754 g/mol. The van der Waals surface area contributed by atoms with Gasteiger partial charge in [-0.2, -0.15) is 0 Å². The zero-order valence-corrected chi connectivity index (χ0v) is 26.7. The summed E-state index contributed by atoms with van der Waals surface area (Å²) < 4.78 is 8.46. The Morgan fingerprint density at radius 3 is 2.36 bits per heavy atom. The molecule has 7 aromatic rings. The van der Waals surface area contributed by atoms with Gasteiger partial charge in [-0.25, -0.2) is 4.98 Å². The Balaban J connectivity index is 0.00000312. The van der Waals surface area contributed by atoms with Crippen LogP contribution < -0.4 is 4.74 Å². The molecule has 4 aromatic carbocycles. The second kappa shape index (κ2) is 10.5. The molecule has 4 heterocycles. The average Bonchev–Trinajstić information content (AvgIpc) is 3.37. The first-order valence-electron chi connectivity index (χ1n) is 14.4. The van der Waals surface area contributed by atoms with Crippen molar-refractivity contribution < 1.29 is 30.9 Å². The number of para-hydroxylation sites is 1. The molecular weight excluding hydrogens is 726 g/mol. The van der Waals surface area contributed by atoms with Crippen LogP contribution in [0.2, 0.25) is 0 Å². The number of fused-ring (bicyclic) bond motifs is 5. The predicted octanol–water partition coefficient (Wildman–Crippen LogP) is 9.48. The number of hydrogen-bond donors (Lipinski definition) is 1. The molecule has 1 aliphatic rings. The van der Waals surface area contributed by atoms with Crippen molar-refractivity contribution in [3.63, 3.8) is 0 Å². The summed E-state index contributed by atoms with van der Waals surface area (Å²) in [4.78, 5) is 9.93. The van der Waals surface area contributed by atoms with Crippen molar-refractivity contribution in [3.05, 3.63) is 121 Å². The Kier molecular flexibility index (Phi) is 6.67. The van der Waals surface area contributed by atoms with E-state index >= 15 is 0 Å². The predicted molar refractivity (Wildman–Crippen MR) is 172 cm³/mol. The summed E-state index contributed by atoms with van der Waals surface area (Å²) in [5.74, 6) is 2.36. The smallest absolute Gasteiger partial charge is 0.175 e. The van der Waals surface area contributed by atoms with E-state index in [0.29, 0.717) is 11.6 Å². The molecule has 0 fully saturated rings. The summed E-state index contributed by atoms with van der Waals surface area (Å²) in [6.07, 6.45) is 1.81. The number of pyridine rings is 2. The minimum absolute atomic E-state index is 0. The van der Waals surface area contributed by atoms with E-state index in [1.807, 2.05) is 60.8 Å². The minimum Gasteiger partial charge on any atom is -0.515 e. The second-order valence-electron chi connectivity index (χ2n) is 12.0. The van der Waals surface area contributed by atoms with E-state index in [0.717, 1.165) is 66.8 Å². The molecule has 6 heteroatoms. The maximum absolute atomic E-state index is 11.0. The monoisotopic (exact) mass is 753 g/mol. The first-order chi connectivity index (χ1) is 20.8. The molecule has 1 aliphatic heterocycles. The first-order valence-corrected chi connectivity index (χ1v) is 14.4. The molecule has 3 aromatic heterocycles. The fourth-order valence-electron chi connectivity index (χ4n) is 5.96. The quantitative estimate of drug-likeness (QED) is 0.183. The SMILES string of the molecule is CC(C)(C)c1ccc(O)c(-c2[c-]c(-c3ccc4c(n3)-n3c5ncccc5c5cccc(c53)O4)cc(-c3ccccc3)c2)c1.[Pt]. The Morgan fingerprint density at radius 1 is 0.750 bits per heavy atom. The van der Waals surface area contributed by atoms with Gasteiger partial charge in [-0.3, -0.25) is 9.55 Å². The molecule has 218 valence electrons. The van der Waals surface area contributed by atoms with Crippen LogP contribution in [0.25, 0.3) is 61.3 Å². The van der Waals surface area contributed by atoms with Crippen molar-refractivity contribution in [1.29, 1.82) is 0 Å². The molecule has 0 radical (unpaired) electrons. The van der Waals surface area contributed by atoms with Gasteiger partial charge in [0.2, 0.25) is 0 Å². The van der Waals surface area contributed by atoms with Gasteiger partial charge in [-0.15, -0.1) is 23.8 Å². The molecule has 44 heavy (non-hydrogen) atoms. The van der Waals surface area contributed by atoms with Gasteiger partial charge in [-0.1, -0.05) is 92.6 Å². The Hall–Kier alpha value is -4.73. The molecule has 0 amide bonds. The standard InChI is InChI=1S/C38H28N3O2.Pt/c1-38(2,3)27-14-16-32(42)30(22-27)25-19-24(23-9-5-4-6-10-23)20-26(21-25)31-15-17-34-37(40-31)41-35-28(11-7-13-33(35)43-34)29-12-8-18-39-36(29)41;/h4-20,22,42H,1-3H3;/q-1;. The van der Waals surface area contributed by atoms with Gasteiger partial charge in [0, 0.05) is 43.7 Å². The molecule has 5 nitrogen and oxygen atoms in total. The number of hydrogen-bond acceptors (Lipinski definition) is 4. The second-order valence-corrected chi connectivity index (χ2v) is 12.0. The van der Waals surface area contributed by atoms with Crippen molar-refractivity contribution in [2.24, 2.45) is 0 Å². The number of phenolic OH excluding ortho intramolecular Hbond substituents is 1. The fourth-order valence-corrected chi connectivity index (χ4v) is 5.96. The van der Waals surface area contributed by atoms with E-state index in [2.05, 4.69) is 73.9 Å². The molecule has 0 atom stereocenters. The number of benzene rings is 4. The third-order valence-corrected chi connectivity index (χ3v) is 8.19. The van der Waals surface area contributed by atoms with E-state index in [9.17, 15) is 5.11 Å². The fraction of sp³-hybridized carbons (Fsp3) is 0.105. The largest absolute Gasteiger partial charge is 0.515 e. The van der Waals surface area contributed by atoms with Crippen LogP contribution in [0.1, 0.15) is 26.3 Å². The normalized spacial score (nSPS) is 12.1. The van der Waals surface area contributed by atoms with Crippen LogP contribution in [-0.2, 0) is 26.5 Å². The van der Waals surface area contributed by atoms with E-state index in [4.69, 9.17) is 14.7 Å². The van der Waals surface area contributed by atoms with Crippen LogP contribution in [0.5, 0.6) is 17.2 Å². The summed E-state index contributed by atoms with van der Waals surface area (Å²) in [5, 5.41) is 13.2. The molecular formula is C38H28N3O2Pt-. The number of nitrogens with zero attached hydrogens (tertiary/aromatic N) is 3. The Bertz CT molecular complexity index is 2210. The number of phenols is 1. The van der Waals surface area contributed by atoms with Crippen LogP contribution in [0.3, 0.4) is 0 Å². The van der Waals surface area contributed by atoms with Gasteiger partial charge in [0.15, 0.2) is 17.3 Å². The van der Waals surface area contributed by atoms with E-state index in [1.54, 1.807) is 6.07 Å². The van der Waals surface area contributed by atoms with Crippen molar-refractivity contribution >= 4 is 21.9 Å². The van der Waals surface area contributed by atoms with Gasteiger partial charge in [0.1, 0.15) is 5.65 Å².